The van der Waals surface area contributed by atoms with Crippen LogP contribution in [0.3, 0.4) is 0 Å². The molecule has 1 unspecified atom stereocenters. The lowest BCUT2D eigenvalue weighted by atomic mass is 9.94. The lowest BCUT2D eigenvalue weighted by Gasteiger charge is -2.38. The van der Waals surface area contributed by atoms with E-state index in [9.17, 15) is 9.59 Å². The highest BCUT2D eigenvalue weighted by Crippen LogP contribution is 2.39. The predicted octanol–water partition coefficient (Wildman–Crippen LogP) is 2.52. The molecule has 1 aromatic carbocycles. The first-order chi connectivity index (χ1) is 11.6. The van der Waals surface area contributed by atoms with E-state index in [1.54, 1.807) is 6.08 Å². The van der Waals surface area contributed by atoms with Crippen LogP contribution in [0, 0.1) is 0 Å². The second kappa shape index (κ2) is 4.55. The average molecular weight is 337 g/mol. The molecule has 0 aliphatic carbocycles. The molecule has 0 bridgehead atoms. The van der Waals surface area contributed by atoms with Crippen LogP contribution in [-0.2, 0) is 9.59 Å². The smallest absolute Gasteiger partial charge is 0.352 e. The fourth-order valence-electron chi connectivity index (χ4n) is 3.37. The molecule has 1 saturated heterocycles. The molecule has 2 aliphatic rings. The van der Waals surface area contributed by atoms with Crippen LogP contribution >= 0.6 is 11.3 Å². The van der Waals surface area contributed by atoms with Crippen molar-refractivity contribution in [2.75, 3.05) is 0 Å². The number of carboxylic acids is 1. The molecule has 3 aromatic rings. The fourth-order valence-corrected chi connectivity index (χ4v) is 4.32. The molecule has 0 spiro atoms. The summed E-state index contributed by atoms with van der Waals surface area (Å²) in [6, 6.07) is 7.76. The number of hydrogen-bond acceptors (Lipinski definition) is 4. The third kappa shape index (κ3) is 1.67. The second-order valence-electron chi connectivity index (χ2n) is 5.81. The first-order valence-corrected chi connectivity index (χ1v) is 8.30. The highest BCUT2D eigenvalue weighted by molar-refractivity contribution is 7.18. The Morgan fingerprint density at radius 1 is 1.38 bits per heavy atom. The molecular weight excluding hydrogens is 326 g/mol. The summed E-state index contributed by atoms with van der Waals surface area (Å²) in [5, 5.41) is 9.11. The Labute approximate surface area is 139 Å². The largest absolute Gasteiger partial charge is 0.477 e. The van der Waals surface area contributed by atoms with Crippen LogP contribution in [0.5, 0.6) is 0 Å². The van der Waals surface area contributed by atoms with Crippen LogP contribution in [0.2, 0.25) is 0 Å². The second-order valence-corrected chi connectivity index (χ2v) is 6.85. The zero-order valence-electron chi connectivity index (χ0n) is 12.3. The van der Waals surface area contributed by atoms with Crippen LogP contribution < -0.4 is 0 Å². The summed E-state index contributed by atoms with van der Waals surface area (Å²) in [4.78, 5) is 31.1. The van der Waals surface area contributed by atoms with Crippen molar-refractivity contribution >= 4 is 45.3 Å². The summed E-state index contributed by atoms with van der Waals surface area (Å²) in [6.45, 7) is 0. The highest BCUT2D eigenvalue weighted by atomic mass is 32.1. The van der Waals surface area contributed by atoms with Gasteiger partial charge in [0.1, 0.15) is 5.70 Å². The maximum Gasteiger partial charge on any atom is 0.352 e. The van der Waals surface area contributed by atoms with Crippen LogP contribution in [0.15, 0.2) is 47.8 Å². The van der Waals surface area contributed by atoms with Crippen molar-refractivity contribution in [1.82, 2.24) is 14.3 Å². The SMILES string of the molecule is O=C(O)C1=CCC2/C(=C\c3cn4c(nc5ccccc54)s3)C(=O)N12. The van der Waals surface area contributed by atoms with Crippen molar-refractivity contribution in [3.63, 3.8) is 0 Å². The van der Waals surface area contributed by atoms with Crippen molar-refractivity contribution in [3.8, 4) is 0 Å². The van der Waals surface area contributed by atoms with E-state index < -0.39 is 5.97 Å². The van der Waals surface area contributed by atoms with Gasteiger partial charge in [-0.25, -0.2) is 9.78 Å². The van der Waals surface area contributed by atoms with Gasteiger partial charge in [-0.15, -0.1) is 0 Å². The van der Waals surface area contributed by atoms with E-state index in [4.69, 9.17) is 5.11 Å². The van der Waals surface area contributed by atoms with E-state index in [2.05, 4.69) is 4.98 Å². The van der Waals surface area contributed by atoms with Gasteiger partial charge in [0.25, 0.3) is 5.91 Å². The highest BCUT2D eigenvalue weighted by Gasteiger charge is 2.48. The molecule has 118 valence electrons. The lowest BCUT2D eigenvalue weighted by Crippen LogP contribution is -2.52. The molecule has 1 N–H and O–H groups in total. The number of nitrogens with zero attached hydrogens (tertiary/aromatic N) is 3. The maximum atomic E-state index is 12.3. The van der Waals surface area contributed by atoms with Crippen molar-refractivity contribution in [3.05, 3.63) is 52.7 Å². The van der Waals surface area contributed by atoms with E-state index in [0.29, 0.717) is 12.0 Å². The van der Waals surface area contributed by atoms with Crippen molar-refractivity contribution in [1.29, 1.82) is 0 Å². The molecule has 0 radical (unpaired) electrons. The topological polar surface area (TPSA) is 74.9 Å². The minimum Gasteiger partial charge on any atom is -0.477 e. The quantitative estimate of drug-likeness (QED) is 0.576. The van der Waals surface area contributed by atoms with Gasteiger partial charge in [0, 0.05) is 16.6 Å². The number of amides is 1. The molecule has 1 amide bonds. The van der Waals surface area contributed by atoms with Crippen molar-refractivity contribution in [2.24, 2.45) is 0 Å². The Hall–Kier alpha value is -2.93. The Morgan fingerprint density at radius 3 is 3.04 bits per heavy atom. The van der Waals surface area contributed by atoms with Gasteiger partial charge in [-0.05, 0) is 24.6 Å². The normalized spacial score (nSPS) is 21.4. The summed E-state index contributed by atoms with van der Waals surface area (Å²) >= 11 is 1.52. The number of β-lactam (4-membered cyclic amide) rings is 1. The van der Waals surface area contributed by atoms with E-state index in [1.165, 1.54) is 16.2 Å². The standard InChI is InChI=1S/C17H11N3O3S/c21-15-10(12-5-6-14(16(22)23)20(12)15)7-9-8-19-13-4-2-1-3-11(13)18-17(19)24-9/h1-4,6-8,12H,5H2,(H,22,23)/b10-7+. The number of aliphatic carboxylic acids is 1. The monoisotopic (exact) mass is 337 g/mol. The van der Waals surface area contributed by atoms with E-state index in [-0.39, 0.29) is 17.6 Å². The van der Waals surface area contributed by atoms with Crippen molar-refractivity contribution in [2.45, 2.75) is 12.5 Å². The number of rotatable bonds is 2. The molecule has 6 nitrogen and oxygen atoms in total. The Balaban J connectivity index is 1.52. The molecule has 1 atom stereocenters. The molecule has 24 heavy (non-hydrogen) atoms. The lowest BCUT2D eigenvalue weighted by molar-refractivity contribution is -0.142. The minimum atomic E-state index is -1.05. The van der Waals surface area contributed by atoms with Gasteiger partial charge in [0.05, 0.1) is 17.1 Å². The Morgan fingerprint density at radius 2 is 2.21 bits per heavy atom. The summed E-state index contributed by atoms with van der Waals surface area (Å²) in [6.07, 6.45) is 6.00. The number of para-hydroxylation sites is 2. The third-order valence-corrected chi connectivity index (χ3v) is 5.41. The van der Waals surface area contributed by atoms with Gasteiger partial charge in [-0.1, -0.05) is 29.5 Å². The van der Waals surface area contributed by atoms with Gasteiger partial charge in [0.2, 0.25) is 0 Å². The molecule has 2 aliphatic heterocycles. The number of carboxylic acid groups (broad SMARTS) is 1. The van der Waals surface area contributed by atoms with Crippen LogP contribution in [0.4, 0.5) is 0 Å². The first kappa shape index (κ1) is 13.5. The minimum absolute atomic E-state index is 0.0918. The van der Waals surface area contributed by atoms with Crippen LogP contribution in [-0.4, -0.2) is 37.3 Å². The zero-order valence-corrected chi connectivity index (χ0v) is 13.2. The van der Waals surface area contributed by atoms with Gasteiger partial charge in [0.15, 0.2) is 4.96 Å². The molecule has 4 heterocycles. The first-order valence-electron chi connectivity index (χ1n) is 7.49. The molecule has 7 heteroatoms. The summed E-state index contributed by atoms with van der Waals surface area (Å²) in [5.41, 5.74) is 2.73. The average Bonchev–Trinajstić information content (AvgIpc) is 3.22. The molecule has 0 saturated carbocycles. The van der Waals surface area contributed by atoms with E-state index in [1.807, 2.05) is 40.9 Å². The number of benzene rings is 1. The Bertz CT molecular complexity index is 1100. The predicted molar refractivity (Wildman–Crippen MR) is 89.5 cm³/mol. The summed E-state index contributed by atoms with van der Waals surface area (Å²) < 4.78 is 2.02. The van der Waals surface area contributed by atoms with Crippen LogP contribution in [0.25, 0.3) is 22.1 Å². The van der Waals surface area contributed by atoms with Gasteiger partial charge >= 0.3 is 5.97 Å². The van der Waals surface area contributed by atoms with E-state index in [0.717, 1.165) is 20.9 Å². The third-order valence-electron chi connectivity index (χ3n) is 4.48. The van der Waals surface area contributed by atoms with Gasteiger partial charge in [-0.2, -0.15) is 0 Å². The van der Waals surface area contributed by atoms with Gasteiger partial charge < -0.3 is 5.11 Å². The van der Waals surface area contributed by atoms with E-state index >= 15 is 0 Å². The molecule has 1 fully saturated rings. The number of aromatic nitrogens is 2. The number of fused-ring (bicyclic) bond motifs is 4. The molecule has 2 aromatic heterocycles. The molecule has 5 rings (SSSR count). The summed E-state index contributed by atoms with van der Waals surface area (Å²) in [7, 11) is 0. The summed E-state index contributed by atoms with van der Waals surface area (Å²) in [5.74, 6) is -1.27. The number of carbonyl (C=O) groups is 2. The molecular formula is C17H11N3O3S. The number of hydrogen-bond donors (Lipinski definition) is 1. The Kier molecular flexibility index (Phi) is 2.56. The maximum absolute atomic E-state index is 12.3. The number of carbonyl (C=O) groups excluding carboxylic acids is 1. The van der Waals surface area contributed by atoms with Crippen LogP contribution in [0.1, 0.15) is 11.3 Å². The number of imidazole rings is 1. The van der Waals surface area contributed by atoms with Crippen molar-refractivity contribution < 1.29 is 14.7 Å². The van der Waals surface area contributed by atoms with Gasteiger partial charge in [-0.3, -0.25) is 14.1 Å². The number of thiazole rings is 1. The zero-order chi connectivity index (χ0) is 16.4. The fraction of sp³-hybridized carbons (Fsp3) is 0.118.